The number of hydrogen-bond donors (Lipinski definition) is 0. The third kappa shape index (κ3) is 16.0. The van der Waals surface area contributed by atoms with Crippen molar-refractivity contribution in [2.75, 3.05) is 0 Å². The maximum Gasteiger partial charge on any atom is 0.343 e. The van der Waals surface area contributed by atoms with E-state index in [9.17, 15) is 14.4 Å². The lowest BCUT2D eigenvalue weighted by molar-refractivity contribution is 0.0734. The molecule has 0 aliphatic rings. The molecule has 0 atom stereocenters. The quantitative estimate of drug-likeness (QED) is 0.0951. The summed E-state index contributed by atoms with van der Waals surface area (Å²) < 4.78 is 5.31. The van der Waals surface area contributed by atoms with Gasteiger partial charge in [0.2, 0.25) is 0 Å². The lowest BCUT2D eigenvalue weighted by Crippen LogP contribution is -2.08. The number of ketones is 2. The first kappa shape index (κ1) is 52.5. The number of hydrogen-bond acceptors (Lipinski definition) is 4. The van der Waals surface area contributed by atoms with Crippen molar-refractivity contribution in [2.24, 2.45) is 0 Å². The van der Waals surface area contributed by atoms with Gasteiger partial charge >= 0.3 is 5.97 Å². The molecular weight excluding hydrogens is 773 g/mol. The van der Waals surface area contributed by atoms with Crippen molar-refractivity contribution in [3.05, 3.63) is 240 Å². The molecule has 0 aliphatic carbocycles. The van der Waals surface area contributed by atoms with Gasteiger partial charge in [-0.05, 0) is 170 Å². The summed E-state index contributed by atoms with van der Waals surface area (Å²) in [5.74, 6) is 0.440. The fourth-order valence-electron chi connectivity index (χ4n) is 6.12. The average molecular weight is 841 g/mol. The van der Waals surface area contributed by atoms with Crippen LogP contribution in [0.5, 0.6) is 5.75 Å². The lowest BCUT2D eigenvalue weighted by atomic mass is 9.98. The van der Waals surface area contributed by atoms with Crippen molar-refractivity contribution in [3.63, 3.8) is 0 Å². The van der Waals surface area contributed by atoms with Crippen molar-refractivity contribution >= 4 is 17.5 Å². The number of esters is 1. The summed E-state index contributed by atoms with van der Waals surface area (Å²) in [6.45, 7) is 24.6. The zero-order valence-corrected chi connectivity index (χ0v) is 38.0. The Bertz CT molecular complexity index is 2610. The normalized spacial score (nSPS) is 9.84. The molecule has 0 N–H and O–H groups in total. The van der Waals surface area contributed by atoms with E-state index in [2.05, 4.69) is 52.8 Å². The maximum absolute atomic E-state index is 12.3. The Morgan fingerprint density at radius 2 is 0.635 bits per heavy atom. The molecule has 7 aromatic rings. The third-order valence-corrected chi connectivity index (χ3v) is 10.8. The van der Waals surface area contributed by atoms with Crippen LogP contribution in [0.4, 0.5) is 0 Å². The molecule has 0 amide bonds. The Hall–Kier alpha value is -6.65. The Kier molecular flexibility index (Phi) is 20.6. The SMILES string of the molecule is C.C.Cc1ccc(C(=O)c2ccc(C)c(C)c2)cc1.Cc1ccc(C)c(C)c1.Cc1ccc(OC(=O)c2ccc(C)c(C)c2)cc1.Cc1cccc(C(=O)c2ccc(C)c(C)c2)c1. The standard InChI is InChI=1S/C16H16O2.2C16H16O.C9H12.2CH4/c1-11-4-8-15(9-5-11)18-16(17)14-7-6-12(2)13(3)10-14;1-11-4-7-14(8-5-11)16(17)15-9-6-12(2)13(3)10-15;1-11-5-4-6-14(9-11)16(17)15-8-7-12(2)13(3)10-15;1-7-4-5-8(2)9(3)6-7;;/h4-10H,1-3H3;2*4-10H,1-3H3;4-6H,1-3H3;2*1H4. The summed E-state index contributed by atoms with van der Waals surface area (Å²) in [6.07, 6.45) is 0. The van der Waals surface area contributed by atoms with E-state index in [1.807, 2.05) is 158 Å². The molecule has 4 heteroatoms. The van der Waals surface area contributed by atoms with Gasteiger partial charge in [0.15, 0.2) is 11.6 Å². The van der Waals surface area contributed by atoms with E-state index in [4.69, 9.17) is 4.74 Å². The smallest absolute Gasteiger partial charge is 0.343 e. The van der Waals surface area contributed by atoms with E-state index in [1.165, 1.54) is 38.9 Å². The summed E-state index contributed by atoms with van der Waals surface area (Å²) in [4.78, 5) is 36.4. The van der Waals surface area contributed by atoms with Gasteiger partial charge in [0, 0.05) is 22.3 Å². The van der Waals surface area contributed by atoms with Gasteiger partial charge in [-0.15, -0.1) is 0 Å². The molecule has 0 saturated carbocycles. The predicted molar refractivity (Wildman–Crippen MR) is 267 cm³/mol. The maximum atomic E-state index is 12.3. The Morgan fingerprint density at radius 3 is 1.06 bits per heavy atom. The Balaban J connectivity index is 0.000000293. The first-order valence-corrected chi connectivity index (χ1v) is 20.7. The van der Waals surface area contributed by atoms with E-state index in [0.717, 1.165) is 50.1 Å². The van der Waals surface area contributed by atoms with Crippen LogP contribution >= 0.6 is 0 Å². The van der Waals surface area contributed by atoms with Gasteiger partial charge < -0.3 is 4.74 Å². The molecule has 0 heterocycles. The molecule has 0 unspecified atom stereocenters. The zero-order chi connectivity index (χ0) is 44.8. The van der Waals surface area contributed by atoms with Crippen molar-refractivity contribution in [1.82, 2.24) is 0 Å². The first-order valence-electron chi connectivity index (χ1n) is 20.7. The van der Waals surface area contributed by atoms with Crippen LogP contribution in [0.1, 0.15) is 124 Å². The highest BCUT2D eigenvalue weighted by atomic mass is 16.5. The summed E-state index contributed by atoms with van der Waals surface area (Å²) in [5, 5.41) is 0. The van der Waals surface area contributed by atoms with Crippen LogP contribution in [0.2, 0.25) is 0 Å². The fourth-order valence-corrected chi connectivity index (χ4v) is 6.12. The van der Waals surface area contributed by atoms with Crippen LogP contribution in [0.25, 0.3) is 0 Å². The topological polar surface area (TPSA) is 60.4 Å². The van der Waals surface area contributed by atoms with E-state index in [-0.39, 0.29) is 32.4 Å². The van der Waals surface area contributed by atoms with Crippen LogP contribution in [0, 0.1) is 83.1 Å². The van der Waals surface area contributed by atoms with E-state index < -0.39 is 0 Å². The molecule has 0 fully saturated rings. The van der Waals surface area contributed by atoms with E-state index in [1.54, 1.807) is 18.2 Å². The highest BCUT2D eigenvalue weighted by Crippen LogP contribution is 2.18. The predicted octanol–water partition coefficient (Wildman–Crippen LogP) is 15.4. The fraction of sp³-hybridized carbons (Fsp3) is 0.237. The molecule has 7 aromatic carbocycles. The molecule has 0 bridgehead atoms. The summed E-state index contributed by atoms with van der Waals surface area (Å²) in [5.41, 5.74) is 18.1. The molecule has 0 aromatic heterocycles. The van der Waals surface area contributed by atoms with Gasteiger partial charge in [-0.1, -0.05) is 140 Å². The summed E-state index contributed by atoms with van der Waals surface area (Å²) in [6, 6.07) is 46.6. The minimum Gasteiger partial charge on any atom is -0.423 e. The number of rotatable bonds is 6. The van der Waals surface area contributed by atoms with Crippen molar-refractivity contribution in [1.29, 1.82) is 0 Å². The zero-order valence-electron chi connectivity index (χ0n) is 38.0. The van der Waals surface area contributed by atoms with Crippen LogP contribution in [0.3, 0.4) is 0 Å². The van der Waals surface area contributed by atoms with Gasteiger partial charge in [-0.2, -0.15) is 0 Å². The van der Waals surface area contributed by atoms with Gasteiger partial charge in [0.1, 0.15) is 5.75 Å². The van der Waals surface area contributed by atoms with Crippen molar-refractivity contribution in [2.45, 2.75) is 97.9 Å². The van der Waals surface area contributed by atoms with Gasteiger partial charge in [-0.25, -0.2) is 4.79 Å². The molecule has 0 aliphatic heterocycles. The number of carbonyl (C=O) groups excluding carboxylic acids is 3. The lowest BCUT2D eigenvalue weighted by Gasteiger charge is -2.06. The second-order valence-corrected chi connectivity index (χ2v) is 16.1. The largest absolute Gasteiger partial charge is 0.423 e. The first-order chi connectivity index (χ1) is 28.9. The molecule has 7 rings (SSSR count). The summed E-state index contributed by atoms with van der Waals surface area (Å²) in [7, 11) is 0. The van der Waals surface area contributed by atoms with Crippen molar-refractivity contribution in [3.8, 4) is 5.75 Å². The third-order valence-electron chi connectivity index (χ3n) is 10.8. The number of carbonyl (C=O) groups is 3. The average Bonchev–Trinajstić information content (AvgIpc) is 3.23. The molecular formula is C59H68O4. The monoisotopic (exact) mass is 841 g/mol. The molecule has 0 saturated heterocycles. The highest BCUT2D eigenvalue weighted by Gasteiger charge is 2.12. The van der Waals surface area contributed by atoms with Gasteiger partial charge in [0.05, 0.1) is 5.56 Å². The Morgan fingerprint density at radius 1 is 0.302 bits per heavy atom. The van der Waals surface area contributed by atoms with Crippen LogP contribution < -0.4 is 4.74 Å². The number of aryl methyl sites for hydroxylation is 12. The molecule has 4 nitrogen and oxygen atoms in total. The van der Waals surface area contributed by atoms with E-state index >= 15 is 0 Å². The molecule has 0 radical (unpaired) electrons. The van der Waals surface area contributed by atoms with Gasteiger partial charge in [-0.3, -0.25) is 9.59 Å². The number of ether oxygens (including phenoxy) is 1. The summed E-state index contributed by atoms with van der Waals surface area (Å²) >= 11 is 0. The molecule has 0 spiro atoms. The van der Waals surface area contributed by atoms with Crippen LogP contribution in [0.15, 0.2) is 146 Å². The second kappa shape index (κ2) is 24.7. The van der Waals surface area contributed by atoms with Crippen LogP contribution in [-0.4, -0.2) is 17.5 Å². The molecule has 328 valence electrons. The highest BCUT2D eigenvalue weighted by molar-refractivity contribution is 6.09. The van der Waals surface area contributed by atoms with Crippen molar-refractivity contribution < 1.29 is 19.1 Å². The second-order valence-electron chi connectivity index (χ2n) is 16.1. The van der Waals surface area contributed by atoms with Gasteiger partial charge in [0.25, 0.3) is 0 Å². The minimum atomic E-state index is -0.318. The van der Waals surface area contributed by atoms with E-state index in [0.29, 0.717) is 11.3 Å². The van der Waals surface area contributed by atoms with Crippen LogP contribution in [-0.2, 0) is 0 Å². The Labute approximate surface area is 379 Å². The number of benzene rings is 7. The minimum absolute atomic E-state index is 0. The molecule has 63 heavy (non-hydrogen) atoms.